The number of anilines is 1. The Morgan fingerprint density at radius 2 is 1.67 bits per heavy atom. The van der Waals surface area contributed by atoms with Gasteiger partial charge in [0.05, 0.1) is 31.4 Å². The summed E-state index contributed by atoms with van der Waals surface area (Å²) in [6.45, 7) is 2.37. The molecule has 0 saturated heterocycles. The molecule has 1 aromatic heterocycles. The quantitative estimate of drug-likeness (QED) is 0.366. The molecule has 4 rings (SSSR count). The number of carbonyl (C=O) groups is 2. The van der Waals surface area contributed by atoms with Crippen molar-refractivity contribution >= 4 is 28.3 Å². The van der Waals surface area contributed by atoms with Crippen molar-refractivity contribution in [1.29, 1.82) is 0 Å². The summed E-state index contributed by atoms with van der Waals surface area (Å²) in [5.41, 5.74) is 2.40. The topological polar surface area (TPSA) is 68.7 Å². The average Bonchev–Trinajstić information content (AvgIpc) is 2.87. The van der Waals surface area contributed by atoms with E-state index in [1.54, 1.807) is 55.6 Å². The second-order valence-corrected chi connectivity index (χ2v) is 7.42. The first-order valence-corrected chi connectivity index (χ1v) is 10.7. The van der Waals surface area contributed by atoms with Crippen molar-refractivity contribution in [2.24, 2.45) is 0 Å². The van der Waals surface area contributed by atoms with Gasteiger partial charge in [-0.25, -0.2) is 4.79 Å². The molecule has 0 spiro atoms. The van der Waals surface area contributed by atoms with Crippen LogP contribution in [0.3, 0.4) is 0 Å². The van der Waals surface area contributed by atoms with Gasteiger partial charge in [0.2, 0.25) is 0 Å². The second-order valence-electron chi connectivity index (χ2n) is 7.42. The largest absolute Gasteiger partial charge is 0.496 e. The lowest BCUT2D eigenvalue weighted by Gasteiger charge is -2.24. The fourth-order valence-corrected chi connectivity index (χ4v) is 3.65. The summed E-state index contributed by atoms with van der Waals surface area (Å²) in [5.74, 6) is -0.117. The number of amides is 1. The minimum absolute atomic E-state index is 0.217. The Kier molecular flexibility index (Phi) is 6.64. The molecule has 1 amide bonds. The van der Waals surface area contributed by atoms with E-state index in [0.717, 1.165) is 16.3 Å². The minimum atomic E-state index is -0.398. The first kappa shape index (κ1) is 22.0. The van der Waals surface area contributed by atoms with Crippen LogP contribution in [-0.2, 0) is 11.3 Å². The van der Waals surface area contributed by atoms with Crippen molar-refractivity contribution in [3.63, 3.8) is 0 Å². The Balaban J connectivity index is 1.76. The zero-order valence-corrected chi connectivity index (χ0v) is 18.5. The van der Waals surface area contributed by atoms with Gasteiger partial charge < -0.3 is 14.4 Å². The van der Waals surface area contributed by atoms with Crippen LogP contribution in [0.15, 0.2) is 85.2 Å². The van der Waals surface area contributed by atoms with Crippen LogP contribution in [0.5, 0.6) is 5.75 Å². The van der Waals surface area contributed by atoms with E-state index >= 15 is 0 Å². The second kappa shape index (κ2) is 9.96. The third kappa shape index (κ3) is 4.85. The predicted molar refractivity (Wildman–Crippen MR) is 128 cm³/mol. The van der Waals surface area contributed by atoms with Gasteiger partial charge >= 0.3 is 5.97 Å². The third-order valence-corrected chi connectivity index (χ3v) is 5.30. The highest BCUT2D eigenvalue weighted by Crippen LogP contribution is 2.29. The van der Waals surface area contributed by atoms with Crippen LogP contribution in [-0.4, -0.2) is 30.6 Å². The molecule has 33 heavy (non-hydrogen) atoms. The van der Waals surface area contributed by atoms with Crippen molar-refractivity contribution in [1.82, 2.24) is 4.98 Å². The molecule has 0 fully saturated rings. The number of rotatable bonds is 7. The van der Waals surface area contributed by atoms with E-state index in [4.69, 9.17) is 9.47 Å². The molecular weight excluding hydrogens is 416 g/mol. The summed E-state index contributed by atoms with van der Waals surface area (Å²) in [4.78, 5) is 31.7. The van der Waals surface area contributed by atoms with Crippen LogP contribution in [0.2, 0.25) is 0 Å². The van der Waals surface area contributed by atoms with Gasteiger partial charge in [0.15, 0.2) is 0 Å². The van der Waals surface area contributed by atoms with E-state index in [-0.39, 0.29) is 5.91 Å². The lowest BCUT2D eigenvalue weighted by molar-refractivity contribution is 0.0526. The van der Waals surface area contributed by atoms with Crippen molar-refractivity contribution in [2.75, 3.05) is 18.6 Å². The molecule has 0 saturated carbocycles. The van der Waals surface area contributed by atoms with E-state index in [9.17, 15) is 9.59 Å². The molecule has 0 N–H and O–H groups in total. The molecule has 0 aliphatic heterocycles. The van der Waals surface area contributed by atoms with Crippen LogP contribution in [0, 0.1) is 0 Å². The van der Waals surface area contributed by atoms with Crippen LogP contribution in [0.4, 0.5) is 5.69 Å². The Hall–Kier alpha value is -4.19. The van der Waals surface area contributed by atoms with E-state index in [1.807, 2.05) is 48.5 Å². The summed E-state index contributed by atoms with van der Waals surface area (Å²) in [7, 11) is 1.56. The van der Waals surface area contributed by atoms with Crippen molar-refractivity contribution in [3.8, 4) is 5.75 Å². The lowest BCUT2D eigenvalue weighted by atomic mass is 10.0. The zero-order chi connectivity index (χ0) is 23.2. The van der Waals surface area contributed by atoms with Gasteiger partial charge in [0.1, 0.15) is 5.75 Å². The summed E-state index contributed by atoms with van der Waals surface area (Å²) >= 11 is 0. The molecule has 6 nitrogen and oxygen atoms in total. The number of benzene rings is 3. The SMILES string of the molecule is CCOC(=O)c1ccc(N(Cc2cccnc2)C(=O)c2cc3ccccc3cc2OC)cc1. The van der Waals surface area contributed by atoms with E-state index in [1.165, 1.54) is 0 Å². The van der Waals surface area contributed by atoms with E-state index in [2.05, 4.69) is 4.98 Å². The molecule has 0 unspecified atom stereocenters. The number of ether oxygens (including phenoxy) is 2. The number of hydrogen-bond acceptors (Lipinski definition) is 5. The van der Waals surface area contributed by atoms with Crippen molar-refractivity contribution in [3.05, 3.63) is 102 Å². The van der Waals surface area contributed by atoms with Gasteiger partial charge in [-0.2, -0.15) is 0 Å². The van der Waals surface area contributed by atoms with Gasteiger partial charge in [-0.05, 0) is 65.7 Å². The first-order chi connectivity index (χ1) is 16.1. The Bertz CT molecular complexity index is 1270. The Labute approximate surface area is 192 Å². The number of fused-ring (bicyclic) bond motifs is 1. The molecule has 4 aromatic rings. The highest BCUT2D eigenvalue weighted by Gasteiger charge is 2.23. The summed E-state index contributed by atoms with van der Waals surface area (Å²) in [6.07, 6.45) is 3.42. The molecule has 166 valence electrons. The fraction of sp³-hybridized carbons (Fsp3) is 0.148. The van der Waals surface area contributed by atoms with Gasteiger partial charge in [-0.3, -0.25) is 9.78 Å². The third-order valence-electron chi connectivity index (χ3n) is 5.30. The number of methoxy groups -OCH3 is 1. The molecule has 0 aliphatic carbocycles. The maximum atomic E-state index is 13.8. The smallest absolute Gasteiger partial charge is 0.338 e. The number of pyridine rings is 1. The van der Waals surface area contributed by atoms with Crippen LogP contribution >= 0.6 is 0 Å². The molecule has 0 radical (unpaired) electrons. The zero-order valence-electron chi connectivity index (χ0n) is 18.5. The van der Waals surface area contributed by atoms with E-state index in [0.29, 0.717) is 35.7 Å². The normalized spacial score (nSPS) is 10.6. The molecule has 1 heterocycles. The molecule has 0 atom stereocenters. The number of hydrogen-bond donors (Lipinski definition) is 0. The fourth-order valence-electron chi connectivity index (χ4n) is 3.65. The number of esters is 1. The Morgan fingerprint density at radius 1 is 0.939 bits per heavy atom. The number of carbonyl (C=O) groups excluding carboxylic acids is 2. The molecule has 0 bridgehead atoms. The standard InChI is InChI=1S/C27H24N2O4/c1-3-33-27(31)20-10-12-23(13-11-20)29(18-19-7-6-14-28-17-19)26(30)24-15-21-8-4-5-9-22(21)16-25(24)32-2/h4-17H,3,18H2,1-2H3. The summed E-state index contributed by atoms with van der Waals surface area (Å²) < 4.78 is 10.6. The van der Waals surface area contributed by atoms with E-state index < -0.39 is 5.97 Å². The minimum Gasteiger partial charge on any atom is -0.496 e. The lowest BCUT2D eigenvalue weighted by Crippen LogP contribution is -2.31. The van der Waals surface area contributed by atoms with Gasteiger partial charge in [-0.1, -0.05) is 30.3 Å². The van der Waals surface area contributed by atoms with Crippen LogP contribution < -0.4 is 9.64 Å². The monoisotopic (exact) mass is 440 g/mol. The van der Waals surface area contributed by atoms with Gasteiger partial charge in [0, 0.05) is 18.1 Å². The highest BCUT2D eigenvalue weighted by molar-refractivity contribution is 6.10. The molecule has 0 aliphatic rings. The molecular formula is C27H24N2O4. The Morgan fingerprint density at radius 3 is 2.30 bits per heavy atom. The average molecular weight is 440 g/mol. The maximum Gasteiger partial charge on any atom is 0.338 e. The summed E-state index contributed by atoms with van der Waals surface area (Å²) in [6, 6.07) is 22.1. The molecule has 6 heteroatoms. The van der Waals surface area contributed by atoms with Crippen LogP contribution in [0.1, 0.15) is 33.2 Å². The van der Waals surface area contributed by atoms with Gasteiger partial charge in [-0.15, -0.1) is 0 Å². The number of nitrogens with zero attached hydrogens (tertiary/aromatic N) is 2. The predicted octanol–water partition coefficient (Wildman–Crippen LogP) is 5.27. The van der Waals surface area contributed by atoms with Crippen molar-refractivity contribution in [2.45, 2.75) is 13.5 Å². The highest BCUT2D eigenvalue weighted by atomic mass is 16.5. The van der Waals surface area contributed by atoms with Crippen molar-refractivity contribution < 1.29 is 19.1 Å². The number of aromatic nitrogens is 1. The molecule has 3 aromatic carbocycles. The maximum absolute atomic E-state index is 13.8. The summed E-state index contributed by atoms with van der Waals surface area (Å²) in [5, 5.41) is 1.93. The van der Waals surface area contributed by atoms with Crippen LogP contribution in [0.25, 0.3) is 10.8 Å². The first-order valence-electron chi connectivity index (χ1n) is 10.7. The van der Waals surface area contributed by atoms with Gasteiger partial charge in [0.25, 0.3) is 5.91 Å².